The van der Waals surface area contributed by atoms with Crippen molar-refractivity contribution in [3.63, 3.8) is 0 Å². The Hall–Kier alpha value is -0.550. The zero-order valence-electron chi connectivity index (χ0n) is 10.7. The first-order valence-corrected chi connectivity index (χ1v) is 7.41. The molecule has 1 saturated heterocycles. The van der Waals surface area contributed by atoms with E-state index in [9.17, 15) is 0 Å². The molecule has 1 N–H and O–H groups in total. The van der Waals surface area contributed by atoms with Crippen LogP contribution >= 0.6 is 11.8 Å². The fourth-order valence-electron chi connectivity index (χ4n) is 2.06. The monoisotopic (exact) mass is 255 g/mol. The van der Waals surface area contributed by atoms with Crippen LogP contribution in [0.1, 0.15) is 44.9 Å². The summed E-state index contributed by atoms with van der Waals surface area (Å²) in [7, 11) is 0. The van der Waals surface area contributed by atoms with Gasteiger partial charge in [0, 0.05) is 6.42 Å². The van der Waals surface area contributed by atoms with Crippen molar-refractivity contribution in [2.75, 3.05) is 18.8 Å². The highest BCUT2D eigenvalue weighted by molar-refractivity contribution is 8.00. The van der Waals surface area contributed by atoms with Crippen LogP contribution in [0, 0.1) is 0 Å². The van der Waals surface area contributed by atoms with Gasteiger partial charge < -0.3 is 9.73 Å². The summed E-state index contributed by atoms with van der Waals surface area (Å²) < 4.78 is 5.84. The minimum absolute atomic E-state index is 0.0624. The van der Waals surface area contributed by atoms with Crippen LogP contribution in [-0.4, -0.2) is 29.0 Å². The van der Waals surface area contributed by atoms with Crippen LogP contribution in [0.2, 0.25) is 0 Å². The Balaban J connectivity index is 1.87. The zero-order valence-corrected chi connectivity index (χ0v) is 11.5. The van der Waals surface area contributed by atoms with E-state index in [4.69, 9.17) is 4.42 Å². The second-order valence-electron chi connectivity index (χ2n) is 4.64. The van der Waals surface area contributed by atoms with Gasteiger partial charge >= 0.3 is 0 Å². The van der Waals surface area contributed by atoms with Gasteiger partial charge in [0.1, 0.15) is 0 Å². The molecular weight excluding hydrogens is 234 g/mol. The van der Waals surface area contributed by atoms with E-state index < -0.39 is 0 Å². The van der Waals surface area contributed by atoms with Gasteiger partial charge in [0.05, 0.1) is 4.75 Å². The Morgan fingerprint density at radius 3 is 3.06 bits per heavy atom. The molecule has 2 heterocycles. The highest BCUT2D eigenvalue weighted by atomic mass is 32.2. The molecule has 5 heteroatoms. The lowest BCUT2D eigenvalue weighted by Gasteiger charge is -2.16. The minimum Gasteiger partial charge on any atom is -0.424 e. The van der Waals surface area contributed by atoms with E-state index in [0.29, 0.717) is 0 Å². The number of nitrogens with zero attached hydrogens (tertiary/aromatic N) is 2. The Morgan fingerprint density at radius 2 is 2.35 bits per heavy atom. The van der Waals surface area contributed by atoms with Gasteiger partial charge in [-0.25, -0.2) is 0 Å². The number of rotatable bonds is 6. The molecule has 1 atom stereocenters. The number of aryl methyl sites for hydroxylation is 1. The fourth-order valence-corrected chi connectivity index (χ4v) is 3.29. The molecule has 0 aromatic carbocycles. The van der Waals surface area contributed by atoms with Crippen LogP contribution in [0.15, 0.2) is 4.42 Å². The molecule has 1 aromatic heterocycles. The van der Waals surface area contributed by atoms with Gasteiger partial charge in [0.15, 0.2) is 0 Å². The summed E-state index contributed by atoms with van der Waals surface area (Å²) in [6.45, 7) is 6.35. The van der Waals surface area contributed by atoms with E-state index in [1.165, 1.54) is 12.2 Å². The van der Waals surface area contributed by atoms with E-state index >= 15 is 0 Å². The first-order valence-electron chi connectivity index (χ1n) is 6.42. The van der Waals surface area contributed by atoms with Crippen molar-refractivity contribution in [1.82, 2.24) is 15.5 Å². The molecule has 96 valence electrons. The molecule has 1 aliphatic heterocycles. The van der Waals surface area contributed by atoms with E-state index in [1.54, 1.807) is 0 Å². The summed E-state index contributed by atoms with van der Waals surface area (Å²) in [5.41, 5.74) is 0. The van der Waals surface area contributed by atoms with Gasteiger partial charge in [-0.05, 0) is 45.0 Å². The number of hydrogen-bond acceptors (Lipinski definition) is 5. The molecule has 1 unspecified atom stereocenters. The molecule has 1 aromatic rings. The molecule has 0 saturated carbocycles. The van der Waals surface area contributed by atoms with Gasteiger partial charge in [-0.3, -0.25) is 0 Å². The third-order valence-corrected chi connectivity index (χ3v) is 4.64. The first-order chi connectivity index (χ1) is 8.24. The van der Waals surface area contributed by atoms with Crippen LogP contribution < -0.4 is 5.32 Å². The van der Waals surface area contributed by atoms with Crippen LogP contribution in [0.5, 0.6) is 0 Å². The second kappa shape index (κ2) is 5.87. The molecule has 4 nitrogen and oxygen atoms in total. The normalized spacial score (nSPS) is 24.4. The molecular formula is C12H21N3OS. The predicted octanol–water partition coefficient (Wildman–Crippen LogP) is 2.35. The van der Waals surface area contributed by atoms with Crippen LogP contribution in [0.25, 0.3) is 0 Å². The van der Waals surface area contributed by atoms with Crippen molar-refractivity contribution in [1.29, 1.82) is 0 Å². The highest BCUT2D eigenvalue weighted by Crippen LogP contribution is 2.45. The molecule has 1 fully saturated rings. The first kappa shape index (κ1) is 12.9. The zero-order chi connectivity index (χ0) is 12.1. The highest BCUT2D eigenvalue weighted by Gasteiger charge is 2.36. The molecule has 1 aliphatic rings. The smallest absolute Gasteiger partial charge is 0.232 e. The third-order valence-electron chi connectivity index (χ3n) is 3.13. The Morgan fingerprint density at radius 1 is 1.47 bits per heavy atom. The van der Waals surface area contributed by atoms with E-state index in [-0.39, 0.29) is 4.75 Å². The van der Waals surface area contributed by atoms with Crippen molar-refractivity contribution in [3.05, 3.63) is 11.8 Å². The number of thioether (sulfide) groups is 1. The molecule has 0 radical (unpaired) electrons. The quantitative estimate of drug-likeness (QED) is 0.791. The molecule has 0 bridgehead atoms. The van der Waals surface area contributed by atoms with Gasteiger partial charge in [0.2, 0.25) is 11.8 Å². The maximum Gasteiger partial charge on any atom is 0.232 e. The largest absolute Gasteiger partial charge is 0.424 e. The maximum atomic E-state index is 5.78. The molecule has 2 rings (SSSR count). The van der Waals surface area contributed by atoms with Crippen LogP contribution in [0.3, 0.4) is 0 Å². The van der Waals surface area contributed by atoms with Crippen molar-refractivity contribution >= 4 is 11.8 Å². The Labute approximate surface area is 107 Å². The topological polar surface area (TPSA) is 51.0 Å². The standard InChI is InChI=1S/C12H21N3OS/c1-3-13-8-4-6-10-14-15-11(16-10)12(2)7-5-9-17-12/h13H,3-9H2,1-2H3. The van der Waals surface area contributed by atoms with E-state index in [2.05, 4.69) is 29.4 Å². The van der Waals surface area contributed by atoms with Crippen molar-refractivity contribution in [2.45, 2.75) is 44.3 Å². The van der Waals surface area contributed by atoms with Crippen molar-refractivity contribution in [2.24, 2.45) is 0 Å². The van der Waals surface area contributed by atoms with Crippen LogP contribution in [-0.2, 0) is 11.2 Å². The molecule has 0 spiro atoms. The van der Waals surface area contributed by atoms with Gasteiger partial charge in [-0.2, -0.15) is 0 Å². The lowest BCUT2D eigenvalue weighted by molar-refractivity contribution is 0.397. The average molecular weight is 255 g/mol. The molecule has 0 aliphatic carbocycles. The maximum absolute atomic E-state index is 5.78. The van der Waals surface area contributed by atoms with Crippen LogP contribution in [0.4, 0.5) is 0 Å². The lowest BCUT2D eigenvalue weighted by Crippen LogP contribution is -2.14. The lowest BCUT2D eigenvalue weighted by atomic mass is 10.1. The van der Waals surface area contributed by atoms with Gasteiger partial charge in [-0.1, -0.05) is 6.92 Å². The number of nitrogens with one attached hydrogen (secondary N) is 1. The fraction of sp³-hybridized carbons (Fsp3) is 0.833. The van der Waals surface area contributed by atoms with Gasteiger partial charge in [-0.15, -0.1) is 22.0 Å². The third kappa shape index (κ3) is 3.22. The number of hydrogen-bond donors (Lipinski definition) is 1. The summed E-state index contributed by atoms with van der Waals surface area (Å²) >= 11 is 1.93. The average Bonchev–Trinajstić information content (AvgIpc) is 2.94. The summed E-state index contributed by atoms with van der Waals surface area (Å²) in [6, 6.07) is 0. The summed E-state index contributed by atoms with van der Waals surface area (Å²) in [6.07, 6.45) is 4.33. The molecule has 0 amide bonds. The summed E-state index contributed by atoms with van der Waals surface area (Å²) in [4.78, 5) is 0. The Bertz CT molecular complexity index is 347. The number of aromatic nitrogens is 2. The molecule has 17 heavy (non-hydrogen) atoms. The Kier molecular flexibility index (Phi) is 4.45. The summed E-state index contributed by atoms with van der Waals surface area (Å²) in [5.74, 6) is 2.80. The van der Waals surface area contributed by atoms with Crippen molar-refractivity contribution < 1.29 is 4.42 Å². The van der Waals surface area contributed by atoms with Gasteiger partial charge in [0.25, 0.3) is 0 Å². The van der Waals surface area contributed by atoms with Crippen molar-refractivity contribution in [3.8, 4) is 0 Å². The minimum atomic E-state index is 0.0624. The van der Waals surface area contributed by atoms with E-state index in [0.717, 1.165) is 44.1 Å². The predicted molar refractivity (Wildman–Crippen MR) is 70.2 cm³/mol. The summed E-state index contributed by atoms with van der Waals surface area (Å²) in [5, 5.41) is 11.7. The second-order valence-corrected chi connectivity index (χ2v) is 6.24. The van der Waals surface area contributed by atoms with E-state index in [1.807, 2.05) is 11.8 Å². The SMILES string of the molecule is CCNCCCc1nnc(C2(C)CCCS2)o1.